The summed E-state index contributed by atoms with van der Waals surface area (Å²) in [6.45, 7) is 3.23. The topological polar surface area (TPSA) is 75.6 Å². The maximum atomic E-state index is 12.7. The van der Waals surface area contributed by atoms with Crippen molar-refractivity contribution >= 4 is 11.9 Å². The molecule has 1 aromatic rings. The summed E-state index contributed by atoms with van der Waals surface area (Å²) in [5, 5.41) is 11.5. The summed E-state index contributed by atoms with van der Waals surface area (Å²) in [6.07, 6.45) is 0.313. The zero-order valence-corrected chi connectivity index (χ0v) is 11.5. The number of hydrogen-bond acceptors (Lipinski definition) is 3. The average molecular weight is 283 g/mol. The van der Waals surface area contributed by atoms with Gasteiger partial charge in [0.1, 0.15) is 17.1 Å². The molecule has 0 aliphatic rings. The molecule has 2 N–H and O–H groups in total. The van der Waals surface area contributed by atoms with Crippen molar-refractivity contribution in [3.8, 4) is 5.75 Å². The fourth-order valence-electron chi connectivity index (χ4n) is 1.46. The van der Waals surface area contributed by atoms with Crippen molar-refractivity contribution in [1.82, 2.24) is 5.32 Å². The lowest BCUT2D eigenvalue weighted by Crippen LogP contribution is -2.51. The summed E-state index contributed by atoms with van der Waals surface area (Å²) >= 11 is 0. The highest BCUT2D eigenvalue weighted by Gasteiger charge is 2.32. The van der Waals surface area contributed by atoms with Crippen molar-refractivity contribution in [2.45, 2.75) is 32.2 Å². The molecule has 1 unspecified atom stereocenters. The number of rotatable bonds is 7. The number of halogens is 1. The first kappa shape index (κ1) is 15.9. The van der Waals surface area contributed by atoms with Gasteiger partial charge >= 0.3 is 5.97 Å². The van der Waals surface area contributed by atoms with E-state index in [1.807, 2.05) is 0 Å². The molecule has 1 amide bonds. The van der Waals surface area contributed by atoms with Crippen LogP contribution in [0.25, 0.3) is 0 Å². The summed E-state index contributed by atoms with van der Waals surface area (Å²) in [5.74, 6) is -1.39. The first-order valence-corrected chi connectivity index (χ1v) is 6.30. The molecule has 0 heterocycles. The second-order valence-corrected chi connectivity index (χ2v) is 4.59. The molecule has 0 radical (unpaired) electrons. The molecule has 0 bridgehead atoms. The van der Waals surface area contributed by atoms with Gasteiger partial charge in [-0.2, -0.15) is 0 Å². The number of benzene rings is 1. The number of carboxylic acid groups (broad SMARTS) is 1. The molecular formula is C14H18FNO4. The van der Waals surface area contributed by atoms with Crippen molar-refractivity contribution < 1.29 is 23.8 Å². The van der Waals surface area contributed by atoms with Gasteiger partial charge in [0.25, 0.3) is 0 Å². The minimum Gasteiger partial charge on any atom is -0.493 e. The van der Waals surface area contributed by atoms with Gasteiger partial charge in [-0.1, -0.05) is 6.92 Å². The summed E-state index contributed by atoms with van der Waals surface area (Å²) < 4.78 is 17.9. The summed E-state index contributed by atoms with van der Waals surface area (Å²) in [6, 6.07) is 5.43. The Morgan fingerprint density at radius 3 is 2.45 bits per heavy atom. The van der Waals surface area contributed by atoms with E-state index >= 15 is 0 Å². The van der Waals surface area contributed by atoms with Gasteiger partial charge in [-0.3, -0.25) is 4.79 Å². The second kappa shape index (κ2) is 6.88. The molecule has 0 aromatic heterocycles. The molecule has 1 rings (SSSR count). The van der Waals surface area contributed by atoms with E-state index in [2.05, 4.69) is 5.32 Å². The minimum atomic E-state index is -1.27. The van der Waals surface area contributed by atoms with Crippen LogP contribution in [0.4, 0.5) is 4.39 Å². The third-order valence-electron chi connectivity index (χ3n) is 3.01. The molecule has 0 spiro atoms. The van der Waals surface area contributed by atoms with Crippen molar-refractivity contribution in [2.75, 3.05) is 6.61 Å². The Hall–Kier alpha value is -2.11. The van der Waals surface area contributed by atoms with Crippen LogP contribution in [0.15, 0.2) is 24.3 Å². The Morgan fingerprint density at radius 2 is 1.95 bits per heavy atom. The van der Waals surface area contributed by atoms with Crippen LogP contribution < -0.4 is 10.1 Å². The number of nitrogens with one attached hydrogen (secondary N) is 1. The maximum Gasteiger partial charge on any atom is 0.329 e. The van der Waals surface area contributed by atoms with E-state index in [4.69, 9.17) is 9.84 Å². The van der Waals surface area contributed by atoms with Crippen molar-refractivity contribution in [2.24, 2.45) is 0 Å². The number of hydrogen-bond donors (Lipinski definition) is 2. The van der Waals surface area contributed by atoms with Crippen LogP contribution in [-0.2, 0) is 9.59 Å². The Kier molecular flexibility index (Phi) is 5.49. The number of carbonyl (C=O) groups excluding carboxylic acids is 1. The monoisotopic (exact) mass is 283 g/mol. The lowest BCUT2D eigenvalue weighted by molar-refractivity contribution is -0.147. The first-order chi connectivity index (χ1) is 9.37. The van der Waals surface area contributed by atoms with E-state index in [1.54, 1.807) is 6.92 Å². The quantitative estimate of drug-likeness (QED) is 0.802. The fraction of sp³-hybridized carbons (Fsp3) is 0.429. The molecule has 20 heavy (non-hydrogen) atoms. The zero-order valence-electron chi connectivity index (χ0n) is 11.5. The molecule has 1 aromatic carbocycles. The van der Waals surface area contributed by atoms with Gasteiger partial charge in [0.15, 0.2) is 0 Å². The van der Waals surface area contributed by atoms with Crippen molar-refractivity contribution in [3.05, 3.63) is 30.1 Å². The average Bonchev–Trinajstić information content (AvgIpc) is 2.40. The van der Waals surface area contributed by atoms with E-state index < -0.39 is 17.4 Å². The molecule has 0 aliphatic heterocycles. The van der Waals surface area contributed by atoms with Gasteiger partial charge < -0.3 is 15.2 Å². The van der Waals surface area contributed by atoms with Gasteiger partial charge in [0.2, 0.25) is 5.91 Å². The van der Waals surface area contributed by atoms with Crippen LogP contribution in [-0.4, -0.2) is 29.1 Å². The Balaban J connectivity index is 2.40. The summed E-state index contributed by atoms with van der Waals surface area (Å²) in [5.41, 5.74) is -1.27. The van der Waals surface area contributed by atoms with Gasteiger partial charge in [0.05, 0.1) is 13.0 Å². The molecule has 0 aliphatic carbocycles. The van der Waals surface area contributed by atoms with E-state index in [0.29, 0.717) is 5.75 Å². The largest absolute Gasteiger partial charge is 0.493 e. The van der Waals surface area contributed by atoms with Crippen molar-refractivity contribution in [3.63, 3.8) is 0 Å². The standard InChI is InChI=1S/C14H18FNO4/c1-3-14(2,13(18)19)16-12(17)8-9-20-11-6-4-10(15)5-7-11/h4-7H,3,8-9H2,1-2H3,(H,16,17)(H,18,19). The van der Waals surface area contributed by atoms with Gasteiger partial charge in [0, 0.05) is 0 Å². The third-order valence-corrected chi connectivity index (χ3v) is 3.01. The number of carbonyl (C=O) groups is 2. The lowest BCUT2D eigenvalue weighted by Gasteiger charge is -2.24. The van der Waals surface area contributed by atoms with Crippen LogP contribution in [0.5, 0.6) is 5.75 Å². The van der Waals surface area contributed by atoms with Gasteiger partial charge in [-0.05, 0) is 37.6 Å². The summed E-state index contributed by atoms with van der Waals surface area (Å²) in [7, 11) is 0. The Bertz CT molecular complexity index is 475. The maximum absolute atomic E-state index is 12.7. The molecule has 0 fully saturated rings. The SMILES string of the molecule is CCC(C)(NC(=O)CCOc1ccc(F)cc1)C(=O)O. The highest BCUT2D eigenvalue weighted by atomic mass is 19.1. The number of amides is 1. The third kappa shape index (κ3) is 4.53. The van der Waals surface area contributed by atoms with E-state index in [9.17, 15) is 14.0 Å². The van der Waals surface area contributed by atoms with Crippen LogP contribution in [0, 0.1) is 5.82 Å². The van der Waals surface area contributed by atoms with E-state index in [1.165, 1.54) is 31.2 Å². The lowest BCUT2D eigenvalue weighted by atomic mass is 9.99. The molecule has 0 saturated heterocycles. The molecule has 1 atom stereocenters. The number of carboxylic acids is 1. The van der Waals surface area contributed by atoms with E-state index in [-0.39, 0.29) is 25.3 Å². The molecular weight excluding hydrogens is 265 g/mol. The van der Waals surface area contributed by atoms with Crippen LogP contribution in [0.1, 0.15) is 26.7 Å². The van der Waals surface area contributed by atoms with Crippen LogP contribution >= 0.6 is 0 Å². The molecule has 110 valence electrons. The Labute approximate surface area is 116 Å². The fourth-order valence-corrected chi connectivity index (χ4v) is 1.46. The molecule has 6 heteroatoms. The normalized spacial score (nSPS) is 13.3. The minimum absolute atomic E-state index is 0.0280. The molecule has 5 nitrogen and oxygen atoms in total. The smallest absolute Gasteiger partial charge is 0.329 e. The Morgan fingerprint density at radius 1 is 1.35 bits per heavy atom. The van der Waals surface area contributed by atoms with Crippen LogP contribution in [0.3, 0.4) is 0 Å². The van der Waals surface area contributed by atoms with E-state index in [0.717, 1.165) is 0 Å². The highest BCUT2D eigenvalue weighted by molar-refractivity contribution is 5.86. The highest BCUT2D eigenvalue weighted by Crippen LogP contribution is 2.12. The van der Waals surface area contributed by atoms with Crippen LogP contribution in [0.2, 0.25) is 0 Å². The van der Waals surface area contributed by atoms with Gasteiger partial charge in [-0.15, -0.1) is 0 Å². The first-order valence-electron chi connectivity index (χ1n) is 6.30. The van der Waals surface area contributed by atoms with Crippen molar-refractivity contribution in [1.29, 1.82) is 0 Å². The predicted molar refractivity (Wildman–Crippen MR) is 71.0 cm³/mol. The molecule has 0 saturated carbocycles. The number of ether oxygens (including phenoxy) is 1. The zero-order chi connectivity index (χ0) is 15.2. The predicted octanol–water partition coefficient (Wildman–Crippen LogP) is 1.96. The second-order valence-electron chi connectivity index (χ2n) is 4.59. The number of aliphatic carboxylic acids is 1. The summed E-state index contributed by atoms with van der Waals surface area (Å²) in [4.78, 5) is 22.7. The van der Waals surface area contributed by atoms with Gasteiger partial charge in [-0.25, -0.2) is 9.18 Å².